The smallest absolute Gasteiger partial charge is 0.311 e. The van der Waals surface area contributed by atoms with Crippen molar-refractivity contribution in [3.8, 4) is 11.5 Å². The molecule has 7 heteroatoms. The predicted octanol–water partition coefficient (Wildman–Crippen LogP) is 3.89. The van der Waals surface area contributed by atoms with Gasteiger partial charge in [-0.05, 0) is 18.1 Å². The molecule has 0 aliphatic heterocycles. The van der Waals surface area contributed by atoms with Crippen LogP contribution in [-0.2, 0) is 11.9 Å². The summed E-state index contributed by atoms with van der Waals surface area (Å²) in [5.74, 6) is 0.712. The van der Waals surface area contributed by atoms with E-state index < -0.39 is 4.92 Å². The van der Waals surface area contributed by atoms with Crippen molar-refractivity contribution in [2.75, 3.05) is 0 Å². The Labute approximate surface area is 124 Å². The lowest BCUT2D eigenvalue weighted by molar-refractivity contribution is -0.385. The van der Waals surface area contributed by atoms with Crippen LogP contribution in [0.5, 0.6) is 11.5 Å². The summed E-state index contributed by atoms with van der Waals surface area (Å²) in [7, 11) is 0. The van der Waals surface area contributed by atoms with E-state index in [9.17, 15) is 10.1 Å². The van der Waals surface area contributed by atoms with E-state index in [0.717, 1.165) is 18.5 Å². The lowest BCUT2D eigenvalue weighted by atomic mass is 10.2. The first-order valence-electron chi connectivity index (χ1n) is 6.17. The van der Waals surface area contributed by atoms with Gasteiger partial charge in [0.15, 0.2) is 5.75 Å². The van der Waals surface area contributed by atoms with Crippen LogP contribution in [0.4, 0.5) is 5.69 Å². The maximum absolute atomic E-state index is 11.1. The van der Waals surface area contributed by atoms with E-state index >= 15 is 0 Å². The summed E-state index contributed by atoms with van der Waals surface area (Å²) >= 11 is 3.28. The number of rotatable bonds is 6. The van der Waals surface area contributed by atoms with Crippen LogP contribution >= 0.6 is 15.9 Å². The first-order valence-corrected chi connectivity index (χ1v) is 7.29. The fourth-order valence-corrected chi connectivity index (χ4v) is 2.10. The van der Waals surface area contributed by atoms with E-state index in [1.165, 1.54) is 6.07 Å². The molecule has 1 aromatic carbocycles. The summed E-state index contributed by atoms with van der Waals surface area (Å²) in [5, 5.41) is 15.8. The van der Waals surface area contributed by atoms with Crippen molar-refractivity contribution in [3.05, 3.63) is 46.3 Å². The van der Waals surface area contributed by atoms with Gasteiger partial charge in [0.05, 0.1) is 17.3 Å². The lowest BCUT2D eigenvalue weighted by Gasteiger charge is -2.05. The van der Waals surface area contributed by atoms with Crippen LogP contribution in [0.25, 0.3) is 0 Å². The number of nitro groups is 1. The molecule has 0 radical (unpaired) electrons. The molecule has 0 spiro atoms. The van der Waals surface area contributed by atoms with Crippen LogP contribution < -0.4 is 4.74 Å². The standard InChI is InChI=1S/C13H14BrN3O3/c1-2-5-16-9-11(8-15-16)20-13-4-3-10(7-14)6-12(13)17(18)19/h3-4,6,8-9H,2,5,7H2,1H3. The summed E-state index contributed by atoms with van der Waals surface area (Å²) in [5.41, 5.74) is 0.774. The van der Waals surface area contributed by atoms with Gasteiger partial charge in [0.1, 0.15) is 0 Å². The fourth-order valence-electron chi connectivity index (χ4n) is 1.75. The fraction of sp³-hybridized carbons (Fsp3) is 0.308. The summed E-state index contributed by atoms with van der Waals surface area (Å²) in [4.78, 5) is 10.6. The minimum atomic E-state index is -0.446. The predicted molar refractivity (Wildman–Crippen MR) is 78.3 cm³/mol. The third kappa shape index (κ3) is 3.36. The molecule has 20 heavy (non-hydrogen) atoms. The number of hydrogen-bond donors (Lipinski definition) is 0. The van der Waals surface area contributed by atoms with Crippen molar-refractivity contribution >= 4 is 21.6 Å². The molecule has 2 rings (SSSR count). The molecule has 0 unspecified atom stereocenters. The van der Waals surface area contributed by atoms with Gasteiger partial charge >= 0.3 is 5.69 Å². The maximum Gasteiger partial charge on any atom is 0.311 e. The highest BCUT2D eigenvalue weighted by atomic mass is 79.9. The molecule has 0 saturated carbocycles. The van der Waals surface area contributed by atoms with Crippen molar-refractivity contribution in [2.45, 2.75) is 25.2 Å². The number of nitro benzene ring substituents is 1. The molecule has 0 N–H and O–H groups in total. The molecule has 1 aromatic heterocycles. The maximum atomic E-state index is 11.1. The molecule has 0 amide bonds. The normalized spacial score (nSPS) is 10.5. The molecule has 0 atom stereocenters. The Morgan fingerprint density at radius 1 is 1.50 bits per heavy atom. The monoisotopic (exact) mass is 339 g/mol. The number of nitrogens with zero attached hydrogens (tertiary/aromatic N) is 3. The van der Waals surface area contributed by atoms with Gasteiger partial charge in [-0.1, -0.05) is 28.9 Å². The third-order valence-electron chi connectivity index (χ3n) is 2.66. The number of hydrogen-bond acceptors (Lipinski definition) is 4. The molecular formula is C13H14BrN3O3. The van der Waals surface area contributed by atoms with Crippen LogP contribution in [0.15, 0.2) is 30.6 Å². The highest BCUT2D eigenvalue weighted by molar-refractivity contribution is 9.08. The second-order valence-electron chi connectivity index (χ2n) is 4.23. The van der Waals surface area contributed by atoms with Gasteiger partial charge in [-0.2, -0.15) is 5.10 Å². The van der Waals surface area contributed by atoms with Crippen molar-refractivity contribution in [3.63, 3.8) is 0 Å². The number of aromatic nitrogens is 2. The summed E-state index contributed by atoms with van der Waals surface area (Å²) in [6, 6.07) is 4.89. The Bertz CT molecular complexity index is 613. The van der Waals surface area contributed by atoms with Gasteiger partial charge in [0.25, 0.3) is 0 Å². The zero-order chi connectivity index (χ0) is 14.5. The van der Waals surface area contributed by atoms with E-state index in [0.29, 0.717) is 11.1 Å². The number of halogens is 1. The first-order chi connectivity index (χ1) is 9.63. The van der Waals surface area contributed by atoms with Gasteiger partial charge in [0.2, 0.25) is 5.75 Å². The van der Waals surface area contributed by atoms with Crippen LogP contribution in [0.3, 0.4) is 0 Å². The van der Waals surface area contributed by atoms with Gasteiger partial charge in [0, 0.05) is 17.9 Å². The third-order valence-corrected chi connectivity index (χ3v) is 3.31. The Morgan fingerprint density at radius 2 is 2.30 bits per heavy atom. The first kappa shape index (κ1) is 14.5. The summed E-state index contributed by atoms with van der Waals surface area (Å²) in [6.45, 7) is 2.83. The molecule has 0 aliphatic rings. The molecule has 0 saturated heterocycles. The average Bonchev–Trinajstić information content (AvgIpc) is 2.87. The molecule has 106 valence electrons. The SMILES string of the molecule is CCCn1cc(Oc2ccc(CBr)cc2[N+](=O)[O-])cn1. The summed E-state index contributed by atoms with van der Waals surface area (Å²) in [6.07, 6.45) is 4.24. The Morgan fingerprint density at radius 3 is 2.95 bits per heavy atom. The van der Waals surface area contributed by atoms with E-state index in [2.05, 4.69) is 21.0 Å². The largest absolute Gasteiger partial charge is 0.447 e. The van der Waals surface area contributed by atoms with Crippen molar-refractivity contribution < 1.29 is 9.66 Å². The number of benzene rings is 1. The van der Waals surface area contributed by atoms with Gasteiger partial charge in [-0.3, -0.25) is 14.8 Å². The Hall–Kier alpha value is -1.89. The van der Waals surface area contributed by atoms with Crippen LogP contribution in [0.2, 0.25) is 0 Å². The molecule has 1 heterocycles. The molecule has 6 nitrogen and oxygen atoms in total. The van der Waals surface area contributed by atoms with Gasteiger partial charge in [-0.25, -0.2) is 0 Å². The van der Waals surface area contributed by atoms with E-state index in [1.54, 1.807) is 29.2 Å². The molecule has 2 aromatic rings. The van der Waals surface area contributed by atoms with Gasteiger partial charge < -0.3 is 4.74 Å². The lowest BCUT2D eigenvalue weighted by Crippen LogP contribution is -1.96. The van der Waals surface area contributed by atoms with E-state index in [4.69, 9.17) is 4.74 Å². The van der Waals surface area contributed by atoms with Crippen LogP contribution in [0, 0.1) is 10.1 Å². The minimum Gasteiger partial charge on any atom is -0.447 e. The average molecular weight is 340 g/mol. The summed E-state index contributed by atoms with van der Waals surface area (Å²) < 4.78 is 7.30. The van der Waals surface area contributed by atoms with Crippen molar-refractivity contribution in [1.29, 1.82) is 0 Å². The Kier molecular flexibility index (Phi) is 4.73. The van der Waals surface area contributed by atoms with Gasteiger partial charge in [-0.15, -0.1) is 0 Å². The molecular weight excluding hydrogens is 326 g/mol. The highest BCUT2D eigenvalue weighted by Crippen LogP contribution is 2.32. The van der Waals surface area contributed by atoms with Crippen LogP contribution in [0.1, 0.15) is 18.9 Å². The molecule has 0 bridgehead atoms. The minimum absolute atomic E-state index is 0.0507. The van der Waals surface area contributed by atoms with Crippen molar-refractivity contribution in [2.24, 2.45) is 0 Å². The van der Waals surface area contributed by atoms with Crippen LogP contribution in [-0.4, -0.2) is 14.7 Å². The second-order valence-corrected chi connectivity index (χ2v) is 4.79. The molecule has 0 aliphatic carbocycles. The highest BCUT2D eigenvalue weighted by Gasteiger charge is 2.17. The van der Waals surface area contributed by atoms with Crippen molar-refractivity contribution in [1.82, 2.24) is 9.78 Å². The zero-order valence-electron chi connectivity index (χ0n) is 11.0. The van der Waals surface area contributed by atoms with E-state index in [1.807, 2.05) is 6.92 Å². The number of aryl methyl sites for hydroxylation is 1. The number of alkyl halides is 1. The zero-order valence-corrected chi connectivity index (χ0v) is 12.5. The molecule has 0 fully saturated rings. The topological polar surface area (TPSA) is 70.2 Å². The van der Waals surface area contributed by atoms with E-state index in [-0.39, 0.29) is 11.4 Å². The number of ether oxygens (including phenoxy) is 1. The Balaban J connectivity index is 2.25. The second kappa shape index (κ2) is 6.51. The quantitative estimate of drug-likeness (QED) is 0.454.